The van der Waals surface area contributed by atoms with E-state index in [0.717, 1.165) is 23.6 Å². The molecule has 0 bridgehead atoms. The minimum Gasteiger partial charge on any atom is -0.416 e. The fraction of sp³-hybridized carbons (Fsp3) is 0.500. The molecular formula is C10H15N5OS. The van der Waals surface area contributed by atoms with Gasteiger partial charge in [-0.2, -0.15) is 5.10 Å². The van der Waals surface area contributed by atoms with E-state index in [2.05, 4.69) is 22.2 Å². The zero-order valence-corrected chi connectivity index (χ0v) is 10.9. The number of rotatable bonds is 4. The van der Waals surface area contributed by atoms with Gasteiger partial charge in [-0.15, -0.1) is 10.2 Å². The first kappa shape index (κ1) is 12.0. The lowest BCUT2D eigenvalue weighted by Gasteiger charge is -1.98. The molecule has 2 aromatic rings. The van der Waals surface area contributed by atoms with E-state index < -0.39 is 0 Å². The van der Waals surface area contributed by atoms with Crippen LogP contribution < -0.4 is 5.73 Å². The molecule has 0 saturated heterocycles. The minimum absolute atomic E-state index is 0.486. The average molecular weight is 253 g/mol. The van der Waals surface area contributed by atoms with E-state index in [4.69, 9.17) is 10.2 Å². The van der Waals surface area contributed by atoms with Gasteiger partial charge in [-0.1, -0.05) is 13.3 Å². The number of anilines is 1. The summed E-state index contributed by atoms with van der Waals surface area (Å²) < 4.78 is 7.07. The van der Waals surface area contributed by atoms with Gasteiger partial charge in [0.15, 0.2) is 0 Å². The van der Waals surface area contributed by atoms with E-state index in [1.165, 1.54) is 11.8 Å². The van der Waals surface area contributed by atoms with E-state index in [0.29, 0.717) is 16.8 Å². The third kappa shape index (κ3) is 2.44. The predicted molar refractivity (Wildman–Crippen MR) is 64.8 cm³/mol. The highest BCUT2D eigenvalue weighted by molar-refractivity contribution is 7.99. The largest absolute Gasteiger partial charge is 0.416 e. The van der Waals surface area contributed by atoms with Gasteiger partial charge >= 0.3 is 0 Å². The number of hydrogen-bond donors (Lipinski definition) is 1. The number of nitrogen functional groups attached to an aromatic ring is 1. The van der Waals surface area contributed by atoms with Gasteiger partial charge in [0.1, 0.15) is 5.03 Å². The monoisotopic (exact) mass is 253 g/mol. The molecule has 2 rings (SSSR count). The highest BCUT2D eigenvalue weighted by atomic mass is 32.2. The van der Waals surface area contributed by atoms with Crippen molar-refractivity contribution >= 4 is 17.4 Å². The van der Waals surface area contributed by atoms with E-state index in [1.807, 2.05) is 7.05 Å². The van der Waals surface area contributed by atoms with Crippen LogP contribution in [0.5, 0.6) is 0 Å². The van der Waals surface area contributed by atoms with Crippen molar-refractivity contribution in [3.05, 3.63) is 11.6 Å². The van der Waals surface area contributed by atoms with Gasteiger partial charge in [-0.25, -0.2) is 0 Å². The molecule has 2 N–H and O–H groups in total. The molecule has 0 aromatic carbocycles. The number of hydrogen-bond acceptors (Lipinski definition) is 6. The van der Waals surface area contributed by atoms with E-state index in [1.54, 1.807) is 11.6 Å². The van der Waals surface area contributed by atoms with Crippen LogP contribution in [0.4, 0.5) is 5.69 Å². The van der Waals surface area contributed by atoms with Crippen LogP contribution in [0.1, 0.15) is 24.9 Å². The molecule has 0 radical (unpaired) electrons. The van der Waals surface area contributed by atoms with Crippen molar-refractivity contribution in [1.82, 2.24) is 20.0 Å². The molecule has 0 amide bonds. The third-order valence-corrected chi connectivity index (χ3v) is 3.30. The van der Waals surface area contributed by atoms with Crippen LogP contribution >= 0.6 is 11.8 Å². The van der Waals surface area contributed by atoms with Gasteiger partial charge in [0.25, 0.3) is 5.22 Å². The van der Waals surface area contributed by atoms with Crippen molar-refractivity contribution in [3.63, 3.8) is 0 Å². The quantitative estimate of drug-likeness (QED) is 0.894. The maximum Gasteiger partial charge on any atom is 0.282 e. The second-order valence-corrected chi connectivity index (χ2v) is 4.67. The van der Waals surface area contributed by atoms with Gasteiger partial charge in [-0.3, -0.25) is 4.68 Å². The van der Waals surface area contributed by atoms with Crippen LogP contribution in [-0.2, 0) is 13.5 Å². The van der Waals surface area contributed by atoms with Crippen molar-refractivity contribution in [2.24, 2.45) is 7.05 Å². The number of aryl methyl sites for hydroxylation is 3. The van der Waals surface area contributed by atoms with Crippen molar-refractivity contribution in [2.75, 3.05) is 5.73 Å². The Morgan fingerprint density at radius 1 is 1.41 bits per heavy atom. The van der Waals surface area contributed by atoms with E-state index in [9.17, 15) is 0 Å². The number of nitrogens with zero attached hydrogens (tertiary/aromatic N) is 4. The fourth-order valence-electron chi connectivity index (χ4n) is 1.52. The maximum atomic E-state index is 6.05. The van der Waals surface area contributed by atoms with Gasteiger partial charge in [0, 0.05) is 14.0 Å². The summed E-state index contributed by atoms with van der Waals surface area (Å²) in [6, 6.07) is 0. The summed E-state index contributed by atoms with van der Waals surface area (Å²) in [5.74, 6) is 0.544. The standard InChI is InChI=1S/C10H15N5OS/c1-4-5-7-8(11)9(15(3)14-7)17-10-13-12-6(2)16-10/h4-5,11H2,1-3H3. The number of aromatic nitrogens is 4. The molecule has 92 valence electrons. The summed E-state index contributed by atoms with van der Waals surface area (Å²) in [4.78, 5) is 0. The maximum absolute atomic E-state index is 6.05. The van der Waals surface area contributed by atoms with Gasteiger partial charge in [0.05, 0.1) is 11.4 Å². The highest BCUT2D eigenvalue weighted by Crippen LogP contribution is 2.32. The Bertz CT molecular complexity index is 519. The van der Waals surface area contributed by atoms with Crippen LogP contribution in [0, 0.1) is 6.92 Å². The lowest BCUT2D eigenvalue weighted by Crippen LogP contribution is -1.93. The van der Waals surface area contributed by atoms with Gasteiger partial charge in [0.2, 0.25) is 5.89 Å². The Morgan fingerprint density at radius 2 is 2.18 bits per heavy atom. The predicted octanol–water partition coefficient (Wildman–Crippen LogP) is 1.80. The van der Waals surface area contributed by atoms with E-state index in [-0.39, 0.29) is 0 Å². The smallest absolute Gasteiger partial charge is 0.282 e. The third-order valence-electron chi connectivity index (χ3n) is 2.28. The van der Waals surface area contributed by atoms with E-state index >= 15 is 0 Å². The zero-order chi connectivity index (χ0) is 12.4. The summed E-state index contributed by atoms with van der Waals surface area (Å²) in [5.41, 5.74) is 7.68. The zero-order valence-electron chi connectivity index (χ0n) is 10.1. The molecule has 17 heavy (non-hydrogen) atoms. The minimum atomic E-state index is 0.486. The topological polar surface area (TPSA) is 82.8 Å². The molecule has 2 heterocycles. The first-order valence-electron chi connectivity index (χ1n) is 5.41. The fourth-order valence-corrected chi connectivity index (χ4v) is 2.33. The summed E-state index contributed by atoms with van der Waals surface area (Å²) in [6.45, 7) is 3.86. The van der Waals surface area contributed by atoms with Gasteiger partial charge in [-0.05, 0) is 18.2 Å². The summed E-state index contributed by atoms with van der Waals surface area (Å²) in [6.07, 6.45) is 1.90. The molecule has 0 aliphatic heterocycles. The number of nitrogens with two attached hydrogens (primary N) is 1. The van der Waals surface area contributed by atoms with Crippen molar-refractivity contribution in [2.45, 2.75) is 36.9 Å². The van der Waals surface area contributed by atoms with Crippen molar-refractivity contribution in [1.29, 1.82) is 0 Å². The lowest BCUT2D eigenvalue weighted by molar-refractivity contribution is 0.428. The normalized spacial score (nSPS) is 11.0. The Kier molecular flexibility index (Phi) is 3.37. The molecule has 0 aliphatic rings. The molecule has 0 aliphatic carbocycles. The molecule has 7 heteroatoms. The summed E-state index contributed by atoms with van der Waals surface area (Å²) >= 11 is 1.34. The summed E-state index contributed by atoms with van der Waals surface area (Å²) in [7, 11) is 1.86. The first-order chi connectivity index (χ1) is 8.11. The van der Waals surface area contributed by atoms with Crippen LogP contribution in [-0.4, -0.2) is 20.0 Å². The average Bonchev–Trinajstić information content (AvgIpc) is 2.79. The lowest BCUT2D eigenvalue weighted by atomic mass is 10.2. The Labute approximate surface area is 104 Å². The molecule has 0 fully saturated rings. The van der Waals surface area contributed by atoms with Crippen LogP contribution in [0.2, 0.25) is 0 Å². The molecule has 6 nitrogen and oxygen atoms in total. The molecule has 0 spiro atoms. The first-order valence-corrected chi connectivity index (χ1v) is 6.22. The van der Waals surface area contributed by atoms with Gasteiger partial charge < -0.3 is 10.2 Å². The van der Waals surface area contributed by atoms with Crippen LogP contribution in [0.3, 0.4) is 0 Å². The molecule has 0 saturated carbocycles. The molecular weight excluding hydrogens is 238 g/mol. The Balaban J connectivity index is 2.26. The molecule has 0 unspecified atom stereocenters. The Morgan fingerprint density at radius 3 is 2.76 bits per heavy atom. The van der Waals surface area contributed by atoms with Crippen molar-refractivity contribution in [3.8, 4) is 0 Å². The Hall–Kier alpha value is -1.50. The molecule has 0 atom stereocenters. The van der Waals surface area contributed by atoms with Crippen LogP contribution in [0.15, 0.2) is 14.7 Å². The van der Waals surface area contributed by atoms with Crippen molar-refractivity contribution < 1.29 is 4.42 Å². The second kappa shape index (κ2) is 4.79. The molecule has 2 aromatic heterocycles. The second-order valence-electron chi connectivity index (χ2n) is 3.73. The highest BCUT2D eigenvalue weighted by Gasteiger charge is 2.16. The van der Waals surface area contributed by atoms with Crippen LogP contribution in [0.25, 0.3) is 0 Å². The summed E-state index contributed by atoms with van der Waals surface area (Å²) in [5, 5.41) is 13.4. The SMILES string of the molecule is CCCc1nn(C)c(Sc2nnc(C)o2)c1N.